The van der Waals surface area contributed by atoms with E-state index < -0.39 is 5.97 Å². The Hall–Kier alpha value is -3.60. The number of esters is 1. The third-order valence-corrected chi connectivity index (χ3v) is 5.25. The lowest BCUT2D eigenvalue weighted by molar-refractivity contribution is 0.0596. The van der Waals surface area contributed by atoms with Crippen molar-refractivity contribution < 1.29 is 19.1 Å². The van der Waals surface area contributed by atoms with Gasteiger partial charge in [0.05, 0.1) is 13.7 Å². The predicted molar refractivity (Wildman–Crippen MR) is 117 cm³/mol. The summed E-state index contributed by atoms with van der Waals surface area (Å²) in [6, 6.07) is 21.6. The Morgan fingerprint density at radius 2 is 1.53 bits per heavy atom. The standard InChI is InChI=1S/C25H23NO4/c1-17(27)18-12-13-24(21(16-18)25(28)29-2)30-15-7-14-26-22-10-5-3-8-19(22)20-9-4-6-11-23(20)26/h3-6,8-13,16H,7,14-15H2,1-2H3. The van der Waals surface area contributed by atoms with Gasteiger partial charge in [-0.3, -0.25) is 4.79 Å². The van der Waals surface area contributed by atoms with Crippen LogP contribution in [-0.4, -0.2) is 30.0 Å². The fourth-order valence-electron chi connectivity index (χ4n) is 3.79. The number of aryl methyl sites for hydroxylation is 1. The summed E-state index contributed by atoms with van der Waals surface area (Å²) in [6.07, 6.45) is 0.762. The number of ether oxygens (including phenoxy) is 2. The molecule has 0 aliphatic carbocycles. The van der Waals surface area contributed by atoms with E-state index >= 15 is 0 Å². The highest BCUT2D eigenvalue weighted by Gasteiger charge is 2.16. The van der Waals surface area contributed by atoms with E-state index in [1.807, 2.05) is 12.1 Å². The second-order valence-corrected chi connectivity index (χ2v) is 7.15. The Labute approximate surface area is 174 Å². The van der Waals surface area contributed by atoms with Crippen molar-refractivity contribution in [2.75, 3.05) is 13.7 Å². The molecule has 3 aromatic carbocycles. The Kier molecular flexibility index (Phi) is 5.53. The monoisotopic (exact) mass is 401 g/mol. The maximum atomic E-state index is 12.1. The van der Waals surface area contributed by atoms with Gasteiger partial charge in [0.2, 0.25) is 0 Å². The predicted octanol–water partition coefficient (Wildman–Crippen LogP) is 5.25. The van der Waals surface area contributed by atoms with Crippen molar-refractivity contribution in [3.8, 4) is 5.75 Å². The van der Waals surface area contributed by atoms with E-state index in [0.717, 1.165) is 13.0 Å². The van der Waals surface area contributed by atoms with Crippen molar-refractivity contribution >= 4 is 33.6 Å². The summed E-state index contributed by atoms with van der Waals surface area (Å²) in [5.74, 6) is -0.206. The van der Waals surface area contributed by atoms with Crippen molar-refractivity contribution in [2.45, 2.75) is 19.9 Å². The maximum absolute atomic E-state index is 12.1. The van der Waals surface area contributed by atoms with Crippen molar-refractivity contribution in [1.82, 2.24) is 4.57 Å². The molecule has 4 aromatic rings. The third-order valence-electron chi connectivity index (χ3n) is 5.25. The average molecular weight is 401 g/mol. The number of ketones is 1. The van der Waals surface area contributed by atoms with Crippen LogP contribution in [0.5, 0.6) is 5.75 Å². The minimum atomic E-state index is -0.518. The van der Waals surface area contributed by atoms with Gasteiger partial charge in [-0.1, -0.05) is 36.4 Å². The fraction of sp³-hybridized carbons (Fsp3) is 0.200. The van der Waals surface area contributed by atoms with E-state index in [-0.39, 0.29) is 11.3 Å². The molecule has 0 saturated heterocycles. The largest absolute Gasteiger partial charge is 0.493 e. The molecule has 0 radical (unpaired) electrons. The van der Waals surface area contributed by atoms with Crippen LogP contribution < -0.4 is 4.74 Å². The minimum absolute atomic E-state index is 0.113. The van der Waals surface area contributed by atoms with E-state index in [2.05, 4.69) is 41.0 Å². The summed E-state index contributed by atoms with van der Waals surface area (Å²) < 4.78 is 13.0. The molecule has 0 aliphatic heterocycles. The highest BCUT2D eigenvalue weighted by atomic mass is 16.5. The Morgan fingerprint density at radius 1 is 0.900 bits per heavy atom. The third kappa shape index (κ3) is 3.66. The van der Waals surface area contributed by atoms with E-state index in [1.54, 1.807) is 12.1 Å². The number of aromatic nitrogens is 1. The molecule has 1 aromatic heterocycles. The van der Waals surface area contributed by atoms with Gasteiger partial charge in [-0.25, -0.2) is 4.79 Å². The molecule has 0 unspecified atom stereocenters. The average Bonchev–Trinajstić information content (AvgIpc) is 3.10. The van der Waals surface area contributed by atoms with Crippen molar-refractivity contribution in [3.05, 3.63) is 77.9 Å². The van der Waals surface area contributed by atoms with Gasteiger partial charge in [0.15, 0.2) is 5.78 Å². The molecule has 152 valence electrons. The van der Waals surface area contributed by atoms with Crippen LogP contribution in [0.2, 0.25) is 0 Å². The number of hydrogen-bond acceptors (Lipinski definition) is 4. The van der Waals surface area contributed by atoms with E-state index in [0.29, 0.717) is 17.9 Å². The molecule has 0 amide bonds. The number of nitrogens with zero attached hydrogens (tertiary/aromatic N) is 1. The first-order chi connectivity index (χ1) is 14.6. The normalized spacial score (nSPS) is 11.0. The summed E-state index contributed by atoms with van der Waals surface area (Å²) in [5.41, 5.74) is 3.11. The summed E-state index contributed by atoms with van der Waals surface area (Å²) in [6.45, 7) is 2.68. The summed E-state index contributed by atoms with van der Waals surface area (Å²) in [4.78, 5) is 23.7. The molecule has 0 saturated carbocycles. The van der Waals surface area contributed by atoms with Gasteiger partial charge in [0.1, 0.15) is 11.3 Å². The number of fused-ring (bicyclic) bond motifs is 3. The number of rotatable bonds is 7. The van der Waals surface area contributed by atoms with Crippen molar-refractivity contribution in [3.63, 3.8) is 0 Å². The number of hydrogen-bond donors (Lipinski definition) is 0. The van der Waals surface area contributed by atoms with Gasteiger partial charge >= 0.3 is 5.97 Å². The topological polar surface area (TPSA) is 57.5 Å². The minimum Gasteiger partial charge on any atom is -0.493 e. The Morgan fingerprint density at radius 3 is 2.13 bits per heavy atom. The van der Waals surface area contributed by atoms with Crippen molar-refractivity contribution in [1.29, 1.82) is 0 Å². The second-order valence-electron chi connectivity index (χ2n) is 7.15. The molecule has 0 aliphatic rings. The Bertz CT molecular complexity index is 1190. The van der Waals surface area contributed by atoms with E-state index in [1.165, 1.54) is 41.9 Å². The van der Waals surface area contributed by atoms with Gasteiger partial charge in [-0.15, -0.1) is 0 Å². The molecular weight excluding hydrogens is 378 g/mol. The molecule has 0 atom stereocenters. The first kappa shape index (κ1) is 19.7. The van der Waals surface area contributed by atoms with Crippen LogP contribution in [-0.2, 0) is 11.3 Å². The molecule has 5 heteroatoms. The molecule has 30 heavy (non-hydrogen) atoms. The zero-order chi connectivity index (χ0) is 21.1. The second kappa shape index (κ2) is 8.41. The lowest BCUT2D eigenvalue weighted by Crippen LogP contribution is -2.10. The molecule has 5 nitrogen and oxygen atoms in total. The number of para-hydroxylation sites is 2. The van der Waals surface area contributed by atoms with E-state index in [4.69, 9.17) is 9.47 Å². The van der Waals surface area contributed by atoms with Gasteiger partial charge in [0, 0.05) is 33.9 Å². The number of benzene rings is 3. The molecule has 0 spiro atoms. The van der Waals surface area contributed by atoms with Crippen LogP contribution in [0, 0.1) is 0 Å². The summed E-state index contributed by atoms with van der Waals surface area (Å²) >= 11 is 0. The quantitative estimate of drug-likeness (QED) is 0.241. The highest BCUT2D eigenvalue weighted by molar-refractivity contribution is 6.08. The number of Topliss-reactive ketones (excluding diaryl/α,β-unsaturated/α-hetero) is 1. The van der Waals surface area contributed by atoms with Crippen LogP contribution >= 0.6 is 0 Å². The van der Waals surface area contributed by atoms with Gasteiger partial charge in [0.25, 0.3) is 0 Å². The highest BCUT2D eigenvalue weighted by Crippen LogP contribution is 2.29. The smallest absolute Gasteiger partial charge is 0.341 e. The molecule has 0 N–H and O–H groups in total. The zero-order valence-corrected chi connectivity index (χ0v) is 17.1. The number of methoxy groups -OCH3 is 1. The fourth-order valence-corrected chi connectivity index (χ4v) is 3.79. The first-order valence-corrected chi connectivity index (χ1v) is 9.92. The number of carbonyl (C=O) groups is 2. The van der Waals surface area contributed by atoms with Crippen LogP contribution in [0.15, 0.2) is 66.7 Å². The number of carbonyl (C=O) groups excluding carboxylic acids is 2. The van der Waals surface area contributed by atoms with Crippen LogP contribution in [0.25, 0.3) is 21.8 Å². The lowest BCUT2D eigenvalue weighted by Gasteiger charge is -2.12. The summed E-state index contributed by atoms with van der Waals surface area (Å²) in [7, 11) is 1.31. The molecule has 4 rings (SSSR count). The van der Waals surface area contributed by atoms with Crippen molar-refractivity contribution in [2.24, 2.45) is 0 Å². The zero-order valence-electron chi connectivity index (χ0n) is 17.1. The molecule has 0 bridgehead atoms. The lowest BCUT2D eigenvalue weighted by atomic mass is 10.1. The SMILES string of the molecule is COC(=O)c1cc(C(C)=O)ccc1OCCCn1c2ccccc2c2ccccc21. The summed E-state index contributed by atoms with van der Waals surface area (Å²) in [5, 5.41) is 2.48. The van der Waals surface area contributed by atoms with Crippen LogP contribution in [0.4, 0.5) is 0 Å². The van der Waals surface area contributed by atoms with Crippen LogP contribution in [0.3, 0.4) is 0 Å². The Balaban J connectivity index is 1.52. The van der Waals surface area contributed by atoms with Gasteiger partial charge in [-0.05, 0) is 43.7 Å². The first-order valence-electron chi connectivity index (χ1n) is 9.92. The maximum Gasteiger partial charge on any atom is 0.341 e. The van der Waals surface area contributed by atoms with E-state index in [9.17, 15) is 9.59 Å². The molecular formula is C25H23NO4. The van der Waals surface area contributed by atoms with Gasteiger partial charge < -0.3 is 14.0 Å². The molecule has 0 fully saturated rings. The van der Waals surface area contributed by atoms with Crippen LogP contribution in [0.1, 0.15) is 34.1 Å². The van der Waals surface area contributed by atoms with Gasteiger partial charge in [-0.2, -0.15) is 0 Å². The molecule has 1 heterocycles.